The number of nitrogens with one attached hydrogen (secondary N) is 1. The fourth-order valence-electron chi connectivity index (χ4n) is 12.6. The van der Waals surface area contributed by atoms with Crippen molar-refractivity contribution in [3.05, 3.63) is 36.5 Å². The molecule has 87 heavy (non-hydrogen) atoms. The molecule has 1 amide bonds. The van der Waals surface area contributed by atoms with E-state index in [0.29, 0.717) is 19.4 Å². The molecule has 6 heteroatoms. The van der Waals surface area contributed by atoms with Gasteiger partial charge in [-0.2, -0.15) is 0 Å². The predicted octanol–water partition coefficient (Wildman–Crippen LogP) is 26.2. The number of ether oxygens (including phenoxy) is 1. The lowest BCUT2D eigenvalue weighted by Gasteiger charge is -2.20. The summed E-state index contributed by atoms with van der Waals surface area (Å²) in [4.78, 5) is 24.7. The van der Waals surface area contributed by atoms with Gasteiger partial charge >= 0.3 is 5.97 Å². The van der Waals surface area contributed by atoms with E-state index in [1.165, 1.54) is 372 Å². The van der Waals surface area contributed by atoms with Crippen LogP contribution in [0.25, 0.3) is 0 Å². The molecule has 0 bridgehead atoms. The third-order valence-electron chi connectivity index (χ3n) is 18.6. The molecule has 3 N–H and O–H groups in total. The summed E-state index contributed by atoms with van der Waals surface area (Å²) in [5, 5.41) is 23.3. The van der Waals surface area contributed by atoms with Gasteiger partial charge in [0.1, 0.15) is 0 Å². The van der Waals surface area contributed by atoms with Crippen molar-refractivity contribution >= 4 is 11.9 Å². The van der Waals surface area contributed by atoms with Crippen LogP contribution in [-0.4, -0.2) is 47.4 Å². The van der Waals surface area contributed by atoms with Gasteiger partial charge in [-0.15, -0.1) is 0 Å². The first-order valence-electron chi connectivity index (χ1n) is 39.8. The Balaban J connectivity index is 3.40. The highest BCUT2D eigenvalue weighted by Gasteiger charge is 2.18. The number of carbonyl (C=O) groups excluding carboxylic acids is 2. The maximum absolute atomic E-state index is 12.6. The molecule has 0 saturated heterocycles. The van der Waals surface area contributed by atoms with Gasteiger partial charge in [0, 0.05) is 12.8 Å². The van der Waals surface area contributed by atoms with E-state index in [9.17, 15) is 19.8 Å². The Hall–Kier alpha value is -1.92. The summed E-state index contributed by atoms with van der Waals surface area (Å²) < 4.78 is 5.51. The number of aliphatic hydroxyl groups excluding tert-OH is 2. The van der Waals surface area contributed by atoms with Crippen molar-refractivity contribution < 1.29 is 24.5 Å². The summed E-state index contributed by atoms with van der Waals surface area (Å²) in [7, 11) is 0. The van der Waals surface area contributed by atoms with E-state index < -0.39 is 12.1 Å². The minimum atomic E-state index is -0.848. The van der Waals surface area contributed by atoms with Crippen LogP contribution in [0.2, 0.25) is 0 Å². The van der Waals surface area contributed by atoms with Crippen LogP contribution in [0.3, 0.4) is 0 Å². The molecule has 0 aromatic carbocycles. The molecule has 0 aliphatic heterocycles. The molecule has 0 aliphatic rings. The molecule has 0 fully saturated rings. The first-order chi connectivity index (χ1) is 43.0. The lowest BCUT2D eigenvalue weighted by molar-refractivity contribution is -0.143. The van der Waals surface area contributed by atoms with Crippen LogP contribution >= 0.6 is 0 Å². The summed E-state index contributed by atoms with van der Waals surface area (Å²) in [6, 6.07) is -0.631. The molecule has 0 aromatic heterocycles. The van der Waals surface area contributed by atoms with Gasteiger partial charge in [0.15, 0.2) is 0 Å². The third kappa shape index (κ3) is 73.0. The van der Waals surface area contributed by atoms with Crippen LogP contribution in [0.4, 0.5) is 0 Å². The van der Waals surface area contributed by atoms with Crippen LogP contribution < -0.4 is 5.32 Å². The zero-order valence-corrected chi connectivity index (χ0v) is 59.0. The van der Waals surface area contributed by atoms with Crippen molar-refractivity contribution in [1.82, 2.24) is 5.32 Å². The number of carbonyl (C=O) groups is 2. The number of aliphatic hydroxyl groups is 2. The Morgan fingerprint density at radius 2 is 0.540 bits per heavy atom. The Bertz CT molecular complexity index is 1410. The maximum atomic E-state index is 12.6. The summed E-state index contributed by atoms with van der Waals surface area (Å²) in [5.74, 6) is -0.0505. The van der Waals surface area contributed by atoms with Gasteiger partial charge in [0.25, 0.3) is 0 Å². The predicted molar refractivity (Wildman–Crippen MR) is 384 cm³/mol. The molecule has 0 saturated carbocycles. The van der Waals surface area contributed by atoms with Crippen LogP contribution in [0, 0.1) is 0 Å². The van der Waals surface area contributed by atoms with E-state index in [1.807, 2.05) is 6.08 Å². The Morgan fingerprint density at radius 1 is 0.310 bits per heavy atom. The molecule has 2 atom stereocenters. The summed E-state index contributed by atoms with van der Waals surface area (Å²) in [5.41, 5.74) is 0. The van der Waals surface area contributed by atoms with Crippen LogP contribution in [0.1, 0.15) is 444 Å². The van der Waals surface area contributed by atoms with E-state index >= 15 is 0 Å². The van der Waals surface area contributed by atoms with Crippen molar-refractivity contribution in [2.45, 2.75) is 456 Å². The zero-order chi connectivity index (χ0) is 62.8. The van der Waals surface area contributed by atoms with Crippen molar-refractivity contribution in [2.24, 2.45) is 0 Å². The highest BCUT2D eigenvalue weighted by Crippen LogP contribution is 2.19. The normalized spacial score (nSPS) is 12.6. The number of rotatable bonds is 75. The summed E-state index contributed by atoms with van der Waals surface area (Å²) in [6.45, 7) is 4.95. The molecular formula is C81H155NO5. The number of esters is 1. The van der Waals surface area contributed by atoms with Crippen LogP contribution in [0.15, 0.2) is 36.5 Å². The van der Waals surface area contributed by atoms with Gasteiger partial charge < -0.3 is 20.3 Å². The number of unbranched alkanes of at least 4 members (excludes halogenated alkanes) is 60. The van der Waals surface area contributed by atoms with E-state index in [2.05, 4.69) is 43.5 Å². The van der Waals surface area contributed by atoms with Crippen molar-refractivity contribution in [1.29, 1.82) is 0 Å². The number of amides is 1. The minimum Gasteiger partial charge on any atom is -0.466 e. The van der Waals surface area contributed by atoms with Gasteiger partial charge in [-0.3, -0.25) is 9.59 Å². The Labute approximate surface area is 544 Å². The standard InChI is InChI=1S/C81H155NO5/c1-3-5-7-9-11-13-15-17-19-21-23-24-25-28-31-34-38-41-45-49-53-57-61-65-69-73-79(84)78(77-83)82-80(85)74-70-66-62-58-54-50-46-42-39-35-32-29-26-27-30-33-36-40-44-48-52-56-60-64-68-72-76-87-81(86)75-71-67-63-59-55-51-47-43-37-22-20-18-16-14-12-10-8-6-4-2/h18,20,26,29,69,73,78-79,83-84H,3-17,19,21-25,27-28,30-68,70-72,74-77H2,1-2H3,(H,82,85)/b20-18-,29-26-,73-69+. The maximum Gasteiger partial charge on any atom is 0.305 e. The fraction of sp³-hybridized carbons (Fsp3) is 0.901. The highest BCUT2D eigenvalue weighted by molar-refractivity contribution is 5.76. The largest absolute Gasteiger partial charge is 0.466 e. The Kier molecular flexibility index (Phi) is 74.8. The second-order valence-electron chi connectivity index (χ2n) is 27.4. The van der Waals surface area contributed by atoms with Crippen LogP contribution in [-0.2, 0) is 14.3 Å². The molecule has 0 heterocycles. The van der Waals surface area contributed by atoms with Gasteiger partial charge in [-0.05, 0) is 83.5 Å². The summed E-state index contributed by atoms with van der Waals surface area (Å²) in [6.07, 6.45) is 99.7. The SMILES string of the molecule is CCCCCCCC/C=C\CCCCCCCCCCCC(=O)OCCCCCCCCCCCCCC/C=C\CCCCCCCCCCCCC(=O)NC(CO)C(O)/C=C/CCCCCCCCCCCCCCCCCCCCCCCCC. The topological polar surface area (TPSA) is 95.9 Å². The average molecular weight is 1220 g/mol. The number of hydrogen-bond acceptors (Lipinski definition) is 5. The first kappa shape index (κ1) is 85.1. The number of allylic oxidation sites excluding steroid dienone is 5. The van der Waals surface area contributed by atoms with E-state index in [-0.39, 0.29) is 18.5 Å². The molecule has 2 unspecified atom stereocenters. The first-order valence-corrected chi connectivity index (χ1v) is 39.8. The molecule has 6 nitrogen and oxygen atoms in total. The van der Waals surface area contributed by atoms with Crippen molar-refractivity contribution in [2.75, 3.05) is 13.2 Å². The lowest BCUT2D eigenvalue weighted by Crippen LogP contribution is -2.45. The van der Waals surface area contributed by atoms with E-state index in [1.54, 1.807) is 6.08 Å². The van der Waals surface area contributed by atoms with Crippen molar-refractivity contribution in [3.8, 4) is 0 Å². The van der Waals surface area contributed by atoms with Crippen LogP contribution in [0.5, 0.6) is 0 Å². The summed E-state index contributed by atoms with van der Waals surface area (Å²) >= 11 is 0. The van der Waals surface area contributed by atoms with E-state index in [4.69, 9.17) is 4.74 Å². The zero-order valence-electron chi connectivity index (χ0n) is 59.0. The molecular weight excluding hydrogens is 1070 g/mol. The average Bonchev–Trinajstić information content (AvgIpc) is 3.53. The second-order valence-corrected chi connectivity index (χ2v) is 27.4. The molecule has 0 radical (unpaired) electrons. The molecule has 0 rings (SSSR count). The van der Waals surface area contributed by atoms with Crippen molar-refractivity contribution in [3.63, 3.8) is 0 Å². The Morgan fingerprint density at radius 3 is 0.816 bits per heavy atom. The third-order valence-corrected chi connectivity index (χ3v) is 18.6. The van der Waals surface area contributed by atoms with Gasteiger partial charge in [0.2, 0.25) is 5.91 Å². The minimum absolute atomic E-state index is 0.0145. The van der Waals surface area contributed by atoms with Gasteiger partial charge in [-0.1, -0.05) is 384 Å². The fourth-order valence-corrected chi connectivity index (χ4v) is 12.6. The lowest BCUT2D eigenvalue weighted by atomic mass is 10.0. The second kappa shape index (κ2) is 76.5. The number of hydrogen-bond donors (Lipinski definition) is 3. The molecule has 0 spiro atoms. The monoisotopic (exact) mass is 1220 g/mol. The highest BCUT2D eigenvalue weighted by atomic mass is 16.5. The molecule has 0 aliphatic carbocycles. The molecule has 514 valence electrons. The van der Waals surface area contributed by atoms with Gasteiger partial charge in [0.05, 0.1) is 25.4 Å². The quantitative estimate of drug-likeness (QED) is 0.0320. The smallest absolute Gasteiger partial charge is 0.305 e. The van der Waals surface area contributed by atoms with E-state index in [0.717, 1.165) is 44.9 Å². The molecule has 0 aromatic rings. The van der Waals surface area contributed by atoms with Gasteiger partial charge in [-0.25, -0.2) is 0 Å².